The Balaban J connectivity index is 0. The summed E-state index contributed by atoms with van der Waals surface area (Å²) in [5, 5.41) is 0. The van der Waals surface area contributed by atoms with E-state index in [4.69, 9.17) is 0 Å². The second-order valence-electron chi connectivity index (χ2n) is 0.0583. The molecule has 0 fully saturated rings. The van der Waals surface area contributed by atoms with Crippen LogP contribution in [0.3, 0.4) is 0 Å². The molecule has 0 aliphatic rings. The first kappa shape index (κ1) is 9.64. The number of hydrogen-bond donors (Lipinski definition) is 0. The van der Waals surface area contributed by atoms with E-state index in [9.17, 15) is 0 Å². The van der Waals surface area contributed by atoms with Gasteiger partial charge in [-0.15, -0.1) is 0 Å². The van der Waals surface area contributed by atoms with E-state index in [0.29, 0.717) is 0 Å². The van der Waals surface area contributed by atoms with E-state index >= 15 is 0 Å². The van der Waals surface area contributed by atoms with Gasteiger partial charge in [0, 0.05) is 0 Å². The van der Waals surface area contributed by atoms with E-state index in [1.807, 2.05) is 0 Å². The molecule has 0 N–H and O–H groups in total. The molecule has 0 unspecified atom stereocenters. The Kier molecular flexibility index (Phi) is 21.8. The Morgan fingerprint density at radius 1 is 1.25 bits per heavy atom. The first-order chi connectivity index (χ1) is 1.41. The average molecular weight is 265 g/mol. The molecule has 0 aromatic carbocycles. The zero-order valence-electron chi connectivity index (χ0n) is 1.16. The molecule has 0 heterocycles. The van der Waals surface area contributed by atoms with Crippen molar-refractivity contribution in [3.05, 3.63) is 0 Å². The van der Waals surface area contributed by atoms with Crippen LogP contribution in [0, 0.1) is 0 Å². The SMILES string of the molecule is BrOBr.[SrH2]. The van der Waals surface area contributed by atoms with Crippen LogP contribution in [0.5, 0.6) is 0 Å². The van der Waals surface area contributed by atoms with Crippen LogP contribution in [-0.2, 0) is 2.92 Å². The summed E-state index contributed by atoms with van der Waals surface area (Å²) in [5.41, 5.74) is 0. The van der Waals surface area contributed by atoms with Gasteiger partial charge in [-0.3, -0.25) is 0 Å². The normalized spacial score (nSPS) is 4.50. The van der Waals surface area contributed by atoms with E-state index < -0.39 is 0 Å². The van der Waals surface area contributed by atoms with Gasteiger partial charge >= 0.3 is 45.5 Å². The van der Waals surface area contributed by atoms with Crippen LogP contribution in [-0.4, -0.2) is 45.5 Å². The standard InChI is InChI=1S/Br2O.Sr.2H/c1-3-2;;;. The molecule has 0 atom stereocenters. The molecular formula is H2Br2OSr. The fourth-order valence-electron chi connectivity index (χ4n) is 0. The van der Waals surface area contributed by atoms with Crippen molar-refractivity contribution in [2.45, 2.75) is 0 Å². The van der Waals surface area contributed by atoms with Crippen molar-refractivity contribution in [3.8, 4) is 0 Å². The maximum atomic E-state index is 3.88. The number of rotatable bonds is 0. The molecular weight excluding hydrogens is 263 g/mol. The van der Waals surface area contributed by atoms with Crippen molar-refractivity contribution in [2.24, 2.45) is 0 Å². The third-order valence-corrected chi connectivity index (χ3v) is 0. The second kappa shape index (κ2) is 9.04. The summed E-state index contributed by atoms with van der Waals surface area (Å²) in [6, 6.07) is 0. The summed E-state index contributed by atoms with van der Waals surface area (Å²) in [6.45, 7) is 0. The topological polar surface area (TPSA) is 9.23 Å². The summed E-state index contributed by atoms with van der Waals surface area (Å²) >= 11 is 5.12. The van der Waals surface area contributed by atoms with Gasteiger partial charge in [0.15, 0.2) is 0 Å². The summed E-state index contributed by atoms with van der Waals surface area (Å²) < 4.78 is 3.88. The number of halogens is 2. The quantitative estimate of drug-likeness (QED) is 0.586. The molecule has 0 aliphatic carbocycles. The second-order valence-corrected chi connectivity index (χ2v) is 1.57. The van der Waals surface area contributed by atoms with Gasteiger partial charge in [-0.2, -0.15) is 0 Å². The first-order valence-electron chi connectivity index (χ1n) is 0.309. The van der Waals surface area contributed by atoms with Gasteiger partial charge in [0.25, 0.3) is 0 Å². The van der Waals surface area contributed by atoms with Gasteiger partial charge in [-0.1, -0.05) is 0 Å². The van der Waals surface area contributed by atoms with Crippen LogP contribution >= 0.6 is 32.5 Å². The van der Waals surface area contributed by atoms with Gasteiger partial charge in [-0.05, 0) is 0 Å². The average Bonchev–Trinajstić information content (AvgIpc) is 0.918. The van der Waals surface area contributed by atoms with Gasteiger partial charge in [0.1, 0.15) is 32.5 Å². The van der Waals surface area contributed by atoms with Crippen molar-refractivity contribution in [3.63, 3.8) is 0 Å². The molecule has 0 aromatic rings. The Bertz CT molecular complexity index is 6.00. The van der Waals surface area contributed by atoms with E-state index in [1.165, 1.54) is 0 Å². The van der Waals surface area contributed by atoms with Crippen LogP contribution in [0.15, 0.2) is 0 Å². The molecule has 24 valence electrons. The monoisotopic (exact) mass is 264 g/mol. The minimum absolute atomic E-state index is 0. The van der Waals surface area contributed by atoms with Crippen molar-refractivity contribution in [2.75, 3.05) is 0 Å². The zero-order valence-corrected chi connectivity index (χ0v) is 4.34. The summed E-state index contributed by atoms with van der Waals surface area (Å²) in [7, 11) is 0. The predicted molar refractivity (Wildman–Crippen MR) is 27.5 cm³/mol. The molecule has 0 radical (unpaired) electrons. The molecule has 0 rings (SSSR count). The van der Waals surface area contributed by atoms with Gasteiger partial charge < -0.3 is 0 Å². The third kappa shape index (κ3) is 8.83. The van der Waals surface area contributed by atoms with Crippen molar-refractivity contribution in [1.82, 2.24) is 0 Å². The summed E-state index contributed by atoms with van der Waals surface area (Å²) in [5.74, 6) is 0. The predicted octanol–water partition coefficient (Wildman–Crippen LogP) is 0.707. The Morgan fingerprint density at radius 2 is 1.25 bits per heavy atom. The van der Waals surface area contributed by atoms with Crippen LogP contribution < -0.4 is 0 Å². The molecule has 0 amide bonds. The van der Waals surface area contributed by atoms with Gasteiger partial charge in [-0.25, -0.2) is 2.92 Å². The molecule has 0 aliphatic heterocycles. The van der Waals surface area contributed by atoms with Gasteiger partial charge in [0.05, 0.1) is 0 Å². The Hall–Kier alpha value is 2.40. The third-order valence-electron chi connectivity index (χ3n) is 0. The molecule has 0 saturated carbocycles. The Morgan fingerprint density at radius 3 is 1.25 bits per heavy atom. The van der Waals surface area contributed by atoms with Gasteiger partial charge in [0.2, 0.25) is 0 Å². The maximum absolute atomic E-state index is 3.88. The van der Waals surface area contributed by atoms with Crippen molar-refractivity contribution < 1.29 is 2.92 Å². The fraction of sp³-hybridized carbons (Fsp3) is 0. The van der Waals surface area contributed by atoms with E-state index in [-0.39, 0.29) is 45.5 Å². The molecule has 0 bridgehead atoms. The van der Waals surface area contributed by atoms with Crippen molar-refractivity contribution >= 4 is 78.0 Å². The van der Waals surface area contributed by atoms with Crippen LogP contribution in [0.4, 0.5) is 0 Å². The first-order valence-corrected chi connectivity index (χ1v) is 1.60. The molecule has 1 nitrogen and oxygen atoms in total. The molecule has 0 spiro atoms. The number of hydrogen-bond acceptors (Lipinski definition) is 1. The van der Waals surface area contributed by atoms with Crippen LogP contribution in [0.2, 0.25) is 0 Å². The summed E-state index contributed by atoms with van der Waals surface area (Å²) in [4.78, 5) is 0. The zero-order chi connectivity index (χ0) is 2.71. The van der Waals surface area contributed by atoms with Crippen LogP contribution in [0.1, 0.15) is 0 Å². The minimum atomic E-state index is 0. The molecule has 0 aromatic heterocycles. The van der Waals surface area contributed by atoms with E-state index in [0.717, 1.165) is 0 Å². The molecule has 4 heteroatoms. The molecule has 4 heavy (non-hydrogen) atoms. The van der Waals surface area contributed by atoms with Crippen molar-refractivity contribution in [1.29, 1.82) is 0 Å². The van der Waals surface area contributed by atoms with E-state index in [1.54, 1.807) is 0 Å². The van der Waals surface area contributed by atoms with Crippen LogP contribution in [0.25, 0.3) is 0 Å². The molecule has 0 saturated heterocycles. The Labute approximate surface area is 79.3 Å². The summed E-state index contributed by atoms with van der Waals surface area (Å²) in [6.07, 6.45) is 0. The van der Waals surface area contributed by atoms with E-state index in [2.05, 4.69) is 35.4 Å². The fourth-order valence-corrected chi connectivity index (χ4v) is 0.